The molecular weight excluding hydrogens is 560 g/mol. The first-order valence-electron chi connectivity index (χ1n) is 17.6. The van der Waals surface area contributed by atoms with Crippen molar-refractivity contribution in [1.29, 1.82) is 0 Å². The van der Waals surface area contributed by atoms with E-state index < -0.39 is 37.3 Å². The van der Waals surface area contributed by atoms with Gasteiger partial charge in [0.25, 0.3) is 0 Å². The second kappa shape index (κ2) is 9.65. The van der Waals surface area contributed by atoms with E-state index in [-0.39, 0.29) is 50.2 Å². The van der Waals surface area contributed by atoms with Gasteiger partial charge in [0.1, 0.15) is 30.0 Å². The van der Waals surface area contributed by atoms with E-state index >= 15 is 0 Å². The van der Waals surface area contributed by atoms with Crippen molar-refractivity contribution in [1.82, 2.24) is 0 Å². The van der Waals surface area contributed by atoms with Gasteiger partial charge >= 0.3 is 5.97 Å². The van der Waals surface area contributed by atoms with Crippen molar-refractivity contribution in [3.05, 3.63) is 0 Å². The maximum atomic E-state index is 13.8. The molecule has 5 saturated carbocycles. The van der Waals surface area contributed by atoms with Crippen LogP contribution in [0.5, 0.6) is 0 Å². The molecule has 2 saturated heterocycles. The topological polar surface area (TPSA) is 126 Å². The summed E-state index contributed by atoms with van der Waals surface area (Å²) in [6, 6.07) is 0. The molecule has 0 unspecified atom stereocenters. The zero-order valence-corrected chi connectivity index (χ0v) is 28.1. The van der Waals surface area contributed by atoms with Crippen LogP contribution in [0.15, 0.2) is 0 Å². The molecule has 8 heteroatoms. The van der Waals surface area contributed by atoms with Gasteiger partial charge in [-0.3, -0.25) is 4.79 Å². The van der Waals surface area contributed by atoms with Crippen LogP contribution in [0.3, 0.4) is 0 Å². The first kappa shape index (κ1) is 31.8. The van der Waals surface area contributed by atoms with Crippen molar-refractivity contribution in [3.63, 3.8) is 0 Å². The van der Waals surface area contributed by atoms with E-state index in [1.807, 2.05) is 0 Å². The molecule has 0 radical (unpaired) electrons. The van der Waals surface area contributed by atoms with Gasteiger partial charge in [-0.15, -0.1) is 0 Å². The van der Waals surface area contributed by atoms with Gasteiger partial charge in [-0.2, -0.15) is 0 Å². The summed E-state index contributed by atoms with van der Waals surface area (Å²) in [5.74, 6) is 1.31. The summed E-state index contributed by atoms with van der Waals surface area (Å²) in [5, 5.41) is 41.1. The van der Waals surface area contributed by atoms with Gasteiger partial charge in [0.15, 0.2) is 6.29 Å². The van der Waals surface area contributed by atoms with Gasteiger partial charge in [0, 0.05) is 11.3 Å². The van der Waals surface area contributed by atoms with Crippen LogP contribution < -0.4 is 0 Å². The van der Waals surface area contributed by atoms with Crippen molar-refractivity contribution in [2.24, 2.45) is 50.2 Å². The maximum Gasteiger partial charge on any atom is 0.313 e. The van der Waals surface area contributed by atoms with E-state index in [0.29, 0.717) is 17.8 Å². The van der Waals surface area contributed by atoms with Crippen LogP contribution in [0.25, 0.3) is 0 Å². The summed E-state index contributed by atoms with van der Waals surface area (Å²) in [6.07, 6.45) is 4.67. The Morgan fingerprint density at radius 1 is 0.773 bits per heavy atom. The molecule has 8 nitrogen and oxygen atoms in total. The fourth-order valence-electron chi connectivity index (χ4n) is 13.4. The number of hydrogen-bond acceptors (Lipinski definition) is 8. The maximum absolute atomic E-state index is 13.8. The molecule has 0 aromatic rings. The summed E-state index contributed by atoms with van der Waals surface area (Å²) in [5.41, 5.74) is -0.571. The number of hydrogen-bond donors (Lipinski definition) is 4. The molecule has 2 aliphatic heterocycles. The van der Waals surface area contributed by atoms with Gasteiger partial charge in [0.05, 0.1) is 18.1 Å². The molecule has 44 heavy (non-hydrogen) atoms. The lowest BCUT2D eigenvalue weighted by atomic mass is 9.31. The highest BCUT2D eigenvalue weighted by Crippen LogP contribution is 2.80. The first-order valence-corrected chi connectivity index (χ1v) is 17.6. The molecule has 7 rings (SSSR count). The summed E-state index contributed by atoms with van der Waals surface area (Å²) in [6.45, 7) is 16.5. The highest BCUT2D eigenvalue weighted by atomic mass is 16.7. The summed E-state index contributed by atoms with van der Waals surface area (Å²) in [7, 11) is 0. The predicted molar refractivity (Wildman–Crippen MR) is 163 cm³/mol. The average molecular weight is 619 g/mol. The molecule has 2 bridgehead atoms. The number of esters is 1. The zero-order chi connectivity index (χ0) is 31.9. The summed E-state index contributed by atoms with van der Waals surface area (Å²) in [4.78, 5) is 13.8. The van der Waals surface area contributed by atoms with Crippen LogP contribution in [-0.2, 0) is 19.0 Å². The van der Waals surface area contributed by atoms with Crippen molar-refractivity contribution in [2.45, 2.75) is 162 Å². The molecule has 0 amide bonds. The molecule has 0 aromatic heterocycles. The van der Waals surface area contributed by atoms with E-state index in [1.54, 1.807) is 0 Å². The van der Waals surface area contributed by atoms with Crippen LogP contribution in [-0.4, -0.2) is 75.4 Å². The molecule has 5 aliphatic carbocycles. The molecule has 7 aliphatic rings. The van der Waals surface area contributed by atoms with E-state index in [1.165, 1.54) is 0 Å². The molecule has 2 heterocycles. The number of fused-ring (bicyclic) bond motifs is 4. The quantitative estimate of drug-likeness (QED) is 0.264. The fourth-order valence-corrected chi connectivity index (χ4v) is 13.4. The van der Waals surface area contributed by atoms with Gasteiger partial charge in [-0.1, -0.05) is 48.5 Å². The van der Waals surface area contributed by atoms with Crippen molar-refractivity contribution < 1.29 is 39.4 Å². The molecule has 4 N–H and O–H groups in total. The lowest BCUT2D eigenvalue weighted by Crippen LogP contribution is -2.72. The summed E-state index contributed by atoms with van der Waals surface area (Å²) < 4.78 is 19.1. The minimum absolute atomic E-state index is 0.0515. The number of rotatable bonds is 3. The van der Waals surface area contributed by atoms with Crippen LogP contribution in [0, 0.1) is 50.2 Å². The Labute approximate surface area is 263 Å². The Kier molecular flexibility index (Phi) is 6.98. The fraction of sp³-hybridized carbons (Fsp3) is 0.972. The molecule has 250 valence electrons. The average Bonchev–Trinajstić information content (AvgIpc) is 3.12. The Bertz CT molecular complexity index is 1180. The highest BCUT2D eigenvalue weighted by Gasteiger charge is 2.81. The normalized spacial score (nSPS) is 57.3. The SMILES string of the molecule is CC1(C)CC[C@@]23CC[C@]4(C)[C@@](CC[C@@H]5[C@@]6(C)CC[C@H](O[C@@H]7O[C@H](CO)[C@@H](O)[C@H](O)[C@H]7O)C(C)(C)[C@@H]6CC[C@]54C)(OC2=O)[C@@H]3C1. The summed E-state index contributed by atoms with van der Waals surface area (Å²) >= 11 is 0. The Morgan fingerprint density at radius 3 is 2.16 bits per heavy atom. The van der Waals surface area contributed by atoms with E-state index in [2.05, 4.69) is 48.5 Å². The van der Waals surface area contributed by atoms with Crippen LogP contribution >= 0.6 is 0 Å². The Hall–Kier alpha value is -0.770. The molecule has 14 atom stereocenters. The van der Waals surface area contributed by atoms with Crippen LogP contribution in [0.1, 0.15) is 119 Å². The monoisotopic (exact) mass is 618 g/mol. The third-order valence-corrected chi connectivity index (χ3v) is 16.1. The van der Waals surface area contributed by atoms with E-state index in [4.69, 9.17) is 14.2 Å². The highest BCUT2D eigenvalue weighted by molar-refractivity contribution is 5.81. The minimum atomic E-state index is -1.44. The zero-order valence-electron chi connectivity index (χ0n) is 28.1. The second-order valence-electron chi connectivity index (χ2n) is 18.5. The largest absolute Gasteiger partial charge is 0.458 e. The van der Waals surface area contributed by atoms with Crippen LogP contribution in [0.4, 0.5) is 0 Å². The Balaban J connectivity index is 1.17. The van der Waals surface area contributed by atoms with Gasteiger partial charge in [0.2, 0.25) is 0 Å². The number of carbonyl (C=O) groups is 1. The molecular formula is C36H58O8. The van der Waals surface area contributed by atoms with Crippen molar-refractivity contribution >= 4 is 5.97 Å². The first-order chi connectivity index (χ1) is 20.4. The van der Waals surface area contributed by atoms with Crippen molar-refractivity contribution in [3.8, 4) is 0 Å². The lowest BCUT2D eigenvalue weighted by Gasteiger charge is -2.74. The van der Waals surface area contributed by atoms with Crippen LogP contribution in [0.2, 0.25) is 0 Å². The van der Waals surface area contributed by atoms with E-state index in [9.17, 15) is 25.2 Å². The standard InChI is InChI=1S/C36H58O8/c1-30(2)14-16-35-17-15-34(7)33(6)12-8-21-31(3,4)24(43-28-27(40)26(39)25(38)20(19-37)42-28)10-11-32(21,5)22(33)9-13-36(34,23(35)18-30)44-29(35)41/h20-28,37-40H,8-19H2,1-7H3/t20-,21+,22-,23-,24+,25-,26+,27-,28+,32+,33-,34+,35+,36+/m1/s1. The minimum Gasteiger partial charge on any atom is -0.458 e. The van der Waals surface area contributed by atoms with E-state index in [0.717, 1.165) is 70.6 Å². The smallest absolute Gasteiger partial charge is 0.313 e. The second-order valence-corrected chi connectivity index (χ2v) is 18.5. The van der Waals surface area contributed by atoms with Gasteiger partial charge in [-0.25, -0.2) is 0 Å². The van der Waals surface area contributed by atoms with Crippen molar-refractivity contribution in [2.75, 3.05) is 6.61 Å². The predicted octanol–water partition coefficient (Wildman–Crippen LogP) is 4.73. The lowest BCUT2D eigenvalue weighted by molar-refractivity contribution is -0.334. The molecule has 1 spiro atoms. The van der Waals surface area contributed by atoms with Gasteiger partial charge < -0.3 is 34.6 Å². The molecule has 0 aromatic carbocycles. The third kappa shape index (κ3) is 3.76. The number of aliphatic hydroxyl groups excluding tert-OH is 4. The Morgan fingerprint density at radius 2 is 1.45 bits per heavy atom. The number of aliphatic hydroxyl groups is 4. The molecule has 7 fully saturated rings. The van der Waals surface area contributed by atoms with Gasteiger partial charge in [-0.05, 0) is 104 Å². The number of carbonyl (C=O) groups excluding carboxylic acids is 1. The number of ether oxygens (including phenoxy) is 3. The third-order valence-electron chi connectivity index (χ3n) is 16.1.